The third-order valence-corrected chi connectivity index (χ3v) is 3.67. The van der Waals surface area contributed by atoms with Gasteiger partial charge in [-0.3, -0.25) is 0 Å². The minimum Gasteiger partial charge on any atom is -0.479 e. The number of morpholine rings is 1. The van der Waals surface area contributed by atoms with Crippen molar-refractivity contribution in [3.8, 4) is 11.5 Å². The van der Waals surface area contributed by atoms with Crippen LogP contribution in [-0.2, 0) is 4.74 Å². The Morgan fingerprint density at radius 3 is 2.61 bits per heavy atom. The van der Waals surface area contributed by atoms with E-state index in [1.807, 2.05) is 30.3 Å². The number of halogens is 1. The average molecular weight is 318 g/mol. The molecular formula is C18H20FNO3. The van der Waals surface area contributed by atoms with Gasteiger partial charge < -0.3 is 19.5 Å². The molecule has 4 nitrogen and oxygen atoms in total. The summed E-state index contributed by atoms with van der Waals surface area (Å²) >= 11 is 0. The summed E-state index contributed by atoms with van der Waals surface area (Å²) in [6.07, 6.45) is -0.671. The van der Waals surface area contributed by atoms with Crippen LogP contribution in [0.4, 0.5) is 4.39 Å². The number of para-hydroxylation sites is 2. The Bertz CT molecular complexity index is 676. The van der Waals surface area contributed by atoms with E-state index in [0.29, 0.717) is 13.2 Å². The number of nitrogens with one attached hydrogen (secondary N) is 1. The lowest BCUT2D eigenvalue weighted by atomic mass is 10.0. The number of alkyl halides is 1. The molecule has 5 heteroatoms. The highest BCUT2D eigenvalue weighted by Gasteiger charge is 2.28. The predicted octanol–water partition coefficient (Wildman–Crippen LogP) is 3.10. The van der Waals surface area contributed by atoms with Gasteiger partial charge in [-0.15, -0.1) is 0 Å². The van der Waals surface area contributed by atoms with Crippen molar-refractivity contribution in [3.05, 3.63) is 60.2 Å². The van der Waals surface area contributed by atoms with Gasteiger partial charge in [0, 0.05) is 13.1 Å². The molecular weight excluding hydrogens is 296 g/mol. The molecule has 3 rings (SSSR count). The molecule has 0 aliphatic carbocycles. The van der Waals surface area contributed by atoms with Crippen LogP contribution in [-0.4, -0.2) is 32.6 Å². The highest BCUT2D eigenvalue weighted by atomic mass is 18.2. The van der Waals surface area contributed by atoms with Crippen LogP contribution in [0, 0.1) is 0 Å². The van der Waals surface area contributed by atoms with Crippen molar-refractivity contribution in [3.63, 3.8) is 0 Å². The smallest absolute Gasteiger partial charge is 0.228 e. The molecule has 1 fully saturated rings. The maximum absolute atomic E-state index is 13.3. The van der Waals surface area contributed by atoms with Crippen molar-refractivity contribution >= 4 is 0 Å². The zero-order chi connectivity index (χ0) is 17.7. The summed E-state index contributed by atoms with van der Waals surface area (Å²) in [5.41, 5.74) is 0.911. The minimum atomic E-state index is -3.29. The molecule has 1 saturated heterocycles. The van der Waals surface area contributed by atoms with Gasteiger partial charge in [-0.2, -0.15) is 0 Å². The summed E-state index contributed by atoms with van der Waals surface area (Å²) in [5.74, 6) is 0.256. The van der Waals surface area contributed by atoms with Crippen molar-refractivity contribution in [2.45, 2.75) is 12.2 Å². The molecule has 1 aliphatic heterocycles. The first-order valence-electron chi connectivity index (χ1n) is 8.54. The Kier molecular flexibility index (Phi) is 4.61. The van der Waals surface area contributed by atoms with E-state index in [2.05, 4.69) is 5.32 Å². The van der Waals surface area contributed by atoms with Crippen LogP contribution in [0.2, 0.25) is 0 Å². The van der Waals surface area contributed by atoms with Crippen LogP contribution in [0.15, 0.2) is 54.6 Å². The van der Waals surface area contributed by atoms with E-state index >= 15 is 0 Å². The van der Waals surface area contributed by atoms with Gasteiger partial charge in [-0.1, -0.05) is 42.5 Å². The third kappa shape index (κ3) is 4.00. The van der Waals surface area contributed by atoms with E-state index in [1.54, 1.807) is 18.2 Å². The molecule has 23 heavy (non-hydrogen) atoms. The van der Waals surface area contributed by atoms with Gasteiger partial charge in [0.05, 0.1) is 6.61 Å². The fourth-order valence-corrected chi connectivity index (χ4v) is 2.59. The first-order valence-corrected chi connectivity index (χ1v) is 7.54. The Balaban J connectivity index is 1.88. The standard InChI is InChI=1S/C18H20FNO3/c19-13-22-15-8-4-5-9-16(15)23-18(14-6-2-1-3-7-14)17-12-20-10-11-21-17/h1-9,17-18,20H,10-13H2/t17?,18-/m0/s1/i13D2,19-1. The van der Waals surface area contributed by atoms with Crippen LogP contribution in [0.1, 0.15) is 14.4 Å². The summed E-state index contributed by atoms with van der Waals surface area (Å²) in [4.78, 5) is 0. The average Bonchev–Trinajstić information content (AvgIpc) is 2.61. The maximum Gasteiger partial charge on any atom is 0.228 e. The topological polar surface area (TPSA) is 39.7 Å². The number of hydrogen-bond donors (Lipinski definition) is 1. The summed E-state index contributed by atoms with van der Waals surface area (Å²) in [7, 11) is 0. The third-order valence-electron chi connectivity index (χ3n) is 3.67. The quantitative estimate of drug-likeness (QED) is 0.888. The molecule has 2 aromatic rings. The fraction of sp³-hybridized carbons (Fsp3) is 0.333. The predicted molar refractivity (Wildman–Crippen MR) is 85.5 cm³/mol. The molecule has 0 spiro atoms. The number of rotatable bonds is 6. The molecule has 1 N–H and O–H groups in total. The number of benzene rings is 2. The van der Waals surface area contributed by atoms with Crippen molar-refractivity contribution in [2.75, 3.05) is 26.5 Å². The van der Waals surface area contributed by atoms with E-state index in [9.17, 15) is 4.39 Å². The van der Waals surface area contributed by atoms with Crippen molar-refractivity contribution in [1.29, 1.82) is 0 Å². The molecule has 0 bridgehead atoms. The highest BCUT2D eigenvalue weighted by molar-refractivity contribution is 5.40. The molecule has 1 unspecified atom stereocenters. The van der Waals surface area contributed by atoms with Crippen molar-refractivity contribution in [2.24, 2.45) is 0 Å². The van der Waals surface area contributed by atoms with Gasteiger partial charge in [0.15, 0.2) is 17.6 Å². The first-order chi connectivity index (χ1) is 12.0. The van der Waals surface area contributed by atoms with Gasteiger partial charge in [0.25, 0.3) is 0 Å². The van der Waals surface area contributed by atoms with Crippen molar-refractivity contribution < 1.29 is 21.3 Å². The van der Waals surface area contributed by atoms with Gasteiger partial charge in [0.1, 0.15) is 8.85 Å². The van der Waals surface area contributed by atoms with Crippen LogP contribution in [0.5, 0.6) is 11.5 Å². The second-order valence-electron chi connectivity index (χ2n) is 5.19. The first kappa shape index (κ1) is 13.3. The Labute approximate surface area is 138 Å². The Hall–Kier alpha value is -2.11. The molecule has 1 aliphatic rings. The fourth-order valence-electron chi connectivity index (χ4n) is 2.59. The lowest BCUT2D eigenvalue weighted by molar-refractivity contribution is -0.0441. The Morgan fingerprint density at radius 1 is 1.17 bits per heavy atom. The molecule has 1 heterocycles. The zero-order valence-electron chi connectivity index (χ0n) is 14.6. The SMILES string of the molecule is [2H]C([2H])([18F])Oc1ccccc1O[C@@H](c1ccccc1)C1CNCCO1. The monoisotopic (exact) mass is 318 g/mol. The minimum absolute atomic E-state index is 0.000278. The van der Waals surface area contributed by atoms with Gasteiger partial charge >= 0.3 is 0 Å². The van der Waals surface area contributed by atoms with Crippen molar-refractivity contribution in [1.82, 2.24) is 5.32 Å². The Morgan fingerprint density at radius 2 is 1.91 bits per heavy atom. The van der Waals surface area contributed by atoms with E-state index < -0.39 is 12.9 Å². The normalized spacial score (nSPS) is 21.0. The summed E-state index contributed by atoms with van der Waals surface area (Å²) in [6.45, 7) is -1.32. The van der Waals surface area contributed by atoms with Crippen LogP contribution in [0.3, 0.4) is 0 Å². The number of hydrogen-bond acceptors (Lipinski definition) is 4. The van der Waals surface area contributed by atoms with Gasteiger partial charge in [-0.25, -0.2) is 4.39 Å². The van der Waals surface area contributed by atoms with Crippen LogP contribution in [0.25, 0.3) is 0 Å². The number of ether oxygens (including phenoxy) is 3. The van der Waals surface area contributed by atoms with Gasteiger partial charge in [-0.05, 0) is 17.7 Å². The van der Waals surface area contributed by atoms with E-state index in [-0.39, 0.29) is 17.6 Å². The van der Waals surface area contributed by atoms with E-state index in [1.165, 1.54) is 6.07 Å². The zero-order valence-corrected chi connectivity index (χ0v) is 12.6. The van der Waals surface area contributed by atoms with Crippen LogP contribution < -0.4 is 14.8 Å². The van der Waals surface area contributed by atoms with E-state index in [0.717, 1.165) is 12.1 Å². The summed E-state index contributed by atoms with van der Waals surface area (Å²) in [5, 5.41) is 3.27. The lowest BCUT2D eigenvalue weighted by Gasteiger charge is -2.32. The second kappa shape index (κ2) is 7.94. The molecule has 2 atom stereocenters. The highest BCUT2D eigenvalue weighted by Crippen LogP contribution is 2.33. The molecule has 0 amide bonds. The lowest BCUT2D eigenvalue weighted by Crippen LogP contribution is -2.43. The molecule has 0 saturated carbocycles. The second-order valence-corrected chi connectivity index (χ2v) is 5.19. The molecule has 0 radical (unpaired) electrons. The molecule has 122 valence electrons. The summed E-state index contributed by atoms with van der Waals surface area (Å²) in [6, 6.07) is 16.0. The van der Waals surface area contributed by atoms with Crippen LogP contribution >= 0.6 is 0 Å². The maximum atomic E-state index is 13.3. The largest absolute Gasteiger partial charge is 0.479 e. The summed E-state index contributed by atoms with van der Waals surface area (Å²) < 4.78 is 43.9. The molecule has 0 aromatic heterocycles. The molecule has 2 aromatic carbocycles. The van der Waals surface area contributed by atoms with E-state index in [4.69, 9.17) is 17.0 Å². The van der Waals surface area contributed by atoms with Gasteiger partial charge in [0.2, 0.25) is 6.81 Å².